The highest BCUT2D eigenvalue weighted by Gasteiger charge is 2.11. The zero-order valence-corrected chi connectivity index (χ0v) is 16.0. The molecule has 0 fully saturated rings. The molecule has 2 aromatic heterocycles. The van der Waals surface area contributed by atoms with E-state index < -0.39 is 5.91 Å². The number of aromatic nitrogens is 3. The van der Waals surface area contributed by atoms with E-state index in [1.165, 1.54) is 6.33 Å². The van der Waals surface area contributed by atoms with Crippen LogP contribution < -0.4 is 11.1 Å². The van der Waals surface area contributed by atoms with Crippen LogP contribution in [0.2, 0.25) is 0 Å². The summed E-state index contributed by atoms with van der Waals surface area (Å²) in [6.45, 7) is 0.548. The molecule has 0 saturated heterocycles. The third kappa shape index (κ3) is 4.08. The third-order valence-electron chi connectivity index (χ3n) is 4.71. The summed E-state index contributed by atoms with van der Waals surface area (Å²) in [5.74, 6) is 0.115. The van der Waals surface area contributed by atoms with Crippen LogP contribution in [0.25, 0.3) is 10.9 Å². The summed E-state index contributed by atoms with van der Waals surface area (Å²) >= 11 is 0. The molecular weight excluding hydrogens is 376 g/mol. The van der Waals surface area contributed by atoms with Crippen LogP contribution >= 0.6 is 0 Å². The van der Waals surface area contributed by atoms with E-state index in [-0.39, 0.29) is 0 Å². The van der Waals surface area contributed by atoms with Gasteiger partial charge in [-0.25, -0.2) is 9.97 Å². The number of rotatable bonds is 6. The van der Waals surface area contributed by atoms with Gasteiger partial charge < -0.3 is 11.1 Å². The largest absolute Gasteiger partial charge is 0.366 e. The average Bonchev–Trinajstić information content (AvgIpc) is 2.77. The van der Waals surface area contributed by atoms with E-state index in [9.17, 15) is 4.79 Å². The van der Waals surface area contributed by atoms with Gasteiger partial charge in [0.25, 0.3) is 5.91 Å². The van der Waals surface area contributed by atoms with Crippen LogP contribution in [0.4, 0.5) is 5.82 Å². The molecule has 0 unspecified atom stereocenters. The summed E-state index contributed by atoms with van der Waals surface area (Å²) in [6, 6.07) is 19.0. The molecule has 0 bridgehead atoms. The van der Waals surface area contributed by atoms with Gasteiger partial charge in [0.1, 0.15) is 12.1 Å². The number of hydrogen-bond acceptors (Lipinski definition) is 6. The highest BCUT2D eigenvalue weighted by molar-refractivity contribution is 6.06. The van der Waals surface area contributed by atoms with Crippen molar-refractivity contribution in [1.29, 1.82) is 5.26 Å². The third-order valence-corrected chi connectivity index (χ3v) is 4.71. The van der Waals surface area contributed by atoms with Crippen LogP contribution in [0.5, 0.6) is 0 Å². The molecule has 0 aliphatic rings. The minimum atomic E-state index is -0.521. The fraction of sp³-hybridized carbons (Fsp3) is 0.0870. The molecule has 7 heteroatoms. The number of carbonyl (C=O) groups is 1. The van der Waals surface area contributed by atoms with Gasteiger partial charge in [-0.3, -0.25) is 9.78 Å². The number of amides is 1. The SMILES string of the molecule is N#Cc1ccnc(Cc2cccc(CNc3ncnc4c(C(N)=O)cccc34)c2)c1. The van der Waals surface area contributed by atoms with Crippen LogP contribution in [-0.2, 0) is 13.0 Å². The molecule has 0 atom stereocenters. The predicted octanol–water partition coefficient (Wildman–Crippen LogP) is 3.20. The highest BCUT2D eigenvalue weighted by atomic mass is 16.1. The summed E-state index contributed by atoms with van der Waals surface area (Å²) in [4.78, 5) is 24.5. The van der Waals surface area contributed by atoms with E-state index in [1.807, 2.05) is 24.3 Å². The number of pyridine rings is 1. The predicted molar refractivity (Wildman–Crippen MR) is 114 cm³/mol. The summed E-state index contributed by atoms with van der Waals surface area (Å²) in [6.07, 6.45) is 3.71. The molecule has 3 N–H and O–H groups in total. The van der Waals surface area contributed by atoms with E-state index in [4.69, 9.17) is 11.0 Å². The van der Waals surface area contributed by atoms with Gasteiger partial charge in [-0.05, 0) is 35.4 Å². The van der Waals surface area contributed by atoms with Crippen molar-refractivity contribution in [2.24, 2.45) is 5.73 Å². The molecule has 0 aliphatic heterocycles. The van der Waals surface area contributed by atoms with Gasteiger partial charge in [-0.15, -0.1) is 0 Å². The molecule has 0 spiro atoms. The van der Waals surface area contributed by atoms with Crippen molar-refractivity contribution < 1.29 is 4.79 Å². The Labute approximate surface area is 173 Å². The Morgan fingerprint density at radius 1 is 1.03 bits per heavy atom. The van der Waals surface area contributed by atoms with Gasteiger partial charge >= 0.3 is 0 Å². The fourth-order valence-electron chi connectivity index (χ4n) is 3.32. The van der Waals surface area contributed by atoms with Crippen molar-refractivity contribution >= 4 is 22.6 Å². The topological polar surface area (TPSA) is 118 Å². The molecule has 30 heavy (non-hydrogen) atoms. The first-order valence-corrected chi connectivity index (χ1v) is 9.34. The van der Waals surface area contributed by atoms with Crippen LogP contribution in [0.15, 0.2) is 67.1 Å². The fourth-order valence-corrected chi connectivity index (χ4v) is 3.32. The number of anilines is 1. The van der Waals surface area contributed by atoms with Crippen LogP contribution in [0.3, 0.4) is 0 Å². The van der Waals surface area contributed by atoms with Crippen molar-refractivity contribution in [2.75, 3.05) is 5.32 Å². The first-order chi connectivity index (χ1) is 14.6. The summed E-state index contributed by atoms with van der Waals surface area (Å²) in [5.41, 5.74) is 9.96. The van der Waals surface area contributed by atoms with Gasteiger partial charge in [0, 0.05) is 30.2 Å². The normalized spacial score (nSPS) is 10.5. The lowest BCUT2D eigenvalue weighted by atomic mass is 10.0. The van der Waals surface area contributed by atoms with Crippen molar-refractivity contribution in [3.05, 3.63) is 95.1 Å². The number of carbonyl (C=O) groups excluding carboxylic acids is 1. The number of hydrogen-bond donors (Lipinski definition) is 2. The zero-order valence-electron chi connectivity index (χ0n) is 16.0. The maximum atomic E-state index is 11.7. The van der Waals surface area contributed by atoms with Crippen molar-refractivity contribution in [1.82, 2.24) is 15.0 Å². The van der Waals surface area contributed by atoms with Crippen molar-refractivity contribution in [3.63, 3.8) is 0 Å². The lowest BCUT2D eigenvalue weighted by Crippen LogP contribution is -2.12. The second-order valence-electron chi connectivity index (χ2n) is 6.79. The smallest absolute Gasteiger partial charge is 0.250 e. The Hall–Kier alpha value is -4.31. The lowest BCUT2D eigenvalue weighted by Gasteiger charge is -2.11. The van der Waals surface area contributed by atoms with E-state index >= 15 is 0 Å². The molecule has 2 heterocycles. The van der Waals surface area contributed by atoms with E-state index in [1.54, 1.807) is 30.5 Å². The number of nitrogens with two attached hydrogens (primary N) is 1. The molecular formula is C23H18N6O. The Morgan fingerprint density at radius 2 is 1.87 bits per heavy atom. The molecule has 7 nitrogen and oxygen atoms in total. The number of nitrogens with zero attached hydrogens (tertiary/aromatic N) is 4. The molecule has 0 saturated carbocycles. The van der Waals surface area contributed by atoms with Gasteiger partial charge in [0.15, 0.2) is 0 Å². The number of primary amides is 1. The van der Waals surface area contributed by atoms with Crippen LogP contribution in [0, 0.1) is 11.3 Å². The quantitative estimate of drug-likeness (QED) is 0.518. The minimum absolute atomic E-state index is 0.368. The van der Waals surface area contributed by atoms with Gasteiger partial charge in [0.2, 0.25) is 0 Å². The standard InChI is InChI=1S/C23H18N6O/c24-12-16-7-8-26-18(11-16)10-15-3-1-4-17(9-15)13-27-23-20-6-2-5-19(22(25)30)21(20)28-14-29-23/h1-9,11,14H,10,13H2,(H2,25,30)(H,27,28,29). The van der Waals surface area contributed by atoms with Gasteiger partial charge in [-0.2, -0.15) is 5.26 Å². The molecule has 4 aromatic rings. The number of nitrogens with one attached hydrogen (secondary N) is 1. The average molecular weight is 394 g/mol. The monoisotopic (exact) mass is 394 g/mol. The molecule has 4 rings (SSSR count). The second kappa shape index (κ2) is 8.37. The molecule has 0 radical (unpaired) electrons. The summed E-state index contributed by atoms with van der Waals surface area (Å²) < 4.78 is 0. The zero-order chi connectivity index (χ0) is 20.9. The Kier molecular flexibility index (Phi) is 5.31. The lowest BCUT2D eigenvalue weighted by molar-refractivity contribution is 0.100. The maximum Gasteiger partial charge on any atom is 0.250 e. The summed E-state index contributed by atoms with van der Waals surface area (Å²) in [5, 5.41) is 13.1. The molecule has 1 amide bonds. The maximum absolute atomic E-state index is 11.7. The van der Waals surface area contributed by atoms with E-state index in [0.29, 0.717) is 35.4 Å². The molecule has 2 aromatic carbocycles. The summed E-state index contributed by atoms with van der Waals surface area (Å²) in [7, 11) is 0. The molecule has 0 aliphatic carbocycles. The molecule has 146 valence electrons. The number of para-hydroxylation sites is 1. The van der Waals surface area contributed by atoms with Crippen molar-refractivity contribution in [3.8, 4) is 6.07 Å². The highest BCUT2D eigenvalue weighted by Crippen LogP contribution is 2.22. The Morgan fingerprint density at radius 3 is 2.70 bits per heavy atom. The van der Waals surface area contributed by atoms with Crippen molar-refractivity contribution in [2.45, 2.75) is 13.0 Å². The minimum Gasteiger partial charge on any atom is -0.366 e. The first-order valence-electron chi connectivity index (χ1n) is 9.34. The number of benzene rings is 2. The van der Waals surface area contributed by atoms with Gasteiger partial charge in [-0.1, -0.05) is 30.3 Å². The Bertz CT molecular complexity index is 1280. The van der Waals surface area contributed by atoms with Crippen LogP contribution in [-0.4, -0.2) is 20.9 Å². The van der Waals surface area contributed by atoms with Gasteiger partial charge in [0.05, 0.1) is 22.7 Å². The number of fused-ring (bicyclic) bond motifs is 1. The van der Waals surface area contributed by atoms with E-state index in [0.717, 1.165) is 22.2 Å². The number of nitriles is 1. The second-order valence-corrected chi connectivity index (χ2v) is 6.79. The van der Waals surface area contributed by atoms with Crippen LogP contribution in [0.1, 0.15) is 32.7 Å². The van der Waals surface area contributed by atoms with E-state index in [2.05, 4.69) is 32.4 Å². The Balaban J connectivity index is 1.53. The first kappa shape index (κ1) is 19.0.